The van der Waals surface area contributed by atoms with Crippen molar-refractivity contribution in [2.24, 2.45) is 0 Å². The first-order chi connectivity index (χ1) is 11.2. The Balaban J connectivity index is 2.49. The molecule has 0 N–H and O–H groups in total. The Kier molecular flexibility index (Phi) is 4.16. The van der Waals surface area contributed by atoms with Crippen LogP contribution in [0.4, 0.5) is 0 Å². The number of aryl methyl sites for hydroxylation is 2. The third-order valence-electron chi connectivity index (χ3n) is 4.43. The van der Waals surface area contributed by atoms with Crippen molar-refractivity contribution in [3.63, 3.8) is 0 Å². The van der Waals surface area contributed by atoms with Crippen LogP contribution in [0, 0.1) is 13.8 Å². The molecule has 0 nitrogen and oxygen atoms in total. The van der Waals surface area contributed by atoms with Crippen molar-refractivity contribution in [3.8, 4) is 11.1 Å². The number of allylic oxidation sites excluding steroid dienone is 1. The number of hydrogen-bond donors (Lipinski definition) is 0. The molecule has 0 radical (unpaired) electrons. The first-order valence-electron chi connectivity index (χ1n) is 8.04. The zero-order valence-corrected chi connectivity index (χ0v) is 14.1. The molecule has 0 aliphatic rings. The highest BCUT2D eigenvalue weighted by Gasteiger charge is 2.14. The minimum Gasteiger partial charge on any atom is -0.0984 e. The van der Waals surface area contributed by atoms with Gasteiger partial charge in [0.2, 0.25) is 0 Å². The van der Waals surface area contributed by atoms with Gasteiger partial charge in [0.25, 0.3) is 0 Å². The molecule has 0 aliphatic heterocycles. The van der Waals surface area contributed by atoms with E-state index in [0.717, 1.165) is 0 Å². The van der Waals surface area contributed by atoms with E-state index in [1.807, 2.05) is 6.08 Å². The monoisotopic (exact) mass is 298 g/mol. The average molecular weight is 298 g/mol. The van der Waals surface area contributed by atoms with Crippen LogP contribution >= 0.6 is 0 Å². The first kappa shape index (κ1) is 15.3. The highest BCUT2D eigenvalue weighted by molar-refractivity contribution is 6.01. The molecule has 0 heteroatoms. The van der Waals surface area contributed by atoms with Crippen LogP contribution in [0.3, 0.4) is 0 Å². The van der Waals surface area contributed by atoms with E-state index in [1.165, 1.54) is 44.2 Å². The minimum atomic E-state index is 1.18. The lowest BCUT2D eigenvalue weighted by molar-refractivity contribution is 1.41. The Labute approximate surface area is 138 Å². The standard InChI is InChI=1S/C23H22/c1-5-9-20-18(6-2)14-12-16(3)22(20)23-17(4)13-15-19-10-7-8-11-21(19)23/h5-15H,2H2,1,3-4H3/b9-5-. The van der Waals surface area contributed by atoms with Crippen LogP contribution in [0.15, 0.2) is 61.2 Å². The summed E-state index contributed by atoms with van der Waals surface area (Å²) in [5, 5.41) is 2.59. The van der Waals surface area contributed by atoms with Crippen molar-refractivity contribution in [2.75, 3.05) is 0 Å². The fourth-order valence-corrected chi connectivity index (χ4v) is 3.31. The maximum atomic E-state index is 3.99. The van der Waals surface area contributed by atoms with Crippen LogP contribution in [0.1, 0.15) is 29.2 Å². The van der Waals surface area contributed by atoms with Crippen molar-refractivity contribution in [3.05, 3.63) is 83.4 Å². The fraction of sp³-hybridized carbons (Fsp3) is 0.130. The molecule has 0 aromatic heterocycles. The Bertz CT molecular complexity index is 911. The molecule has 0 heterocycles. The summed E-state index contributed by atoms with van der Waals surface area (Å²) in [6, 6.07) is 17.4. The van der Waals surface area contributed by atoms with Crippen LogP contribution < -0.4 is 0 Å². The molecule has 0 atom stereocenters. The highest BCUT2D eigenvalue weighted by Crippen LogP contribution is 2.38. The number of rotatable bonds is 3. The van der Waals surface area contributed by atoms with Gasteiger partial charge in [0, 0.05) is 0 Å². The molecule has 3 rings (SSSR count). The van der Waals surface area contributed by atoms with Gasteiger partial charge in [0.15, 0.2) is 0 Å². The molecule has 0 spiro atoms. The zero-order valence-electron chi connectivity index (χ0n) is 14.1. The largest absolute Gasteiger partial charge is 0.0984 e. The highest BCUT2D eigenvalue weighted by atomic mass is 14.2. The van der Waals surface area contributed by atoms with Gasteiger partial charge < -0.3 is 0 Å². The third kappa shape index (κ3) is 2.61. The maximum absolute atomic E-state index is 3.99. The smallest absolute Gasteiger partial charge is 0.00672 e. The molecule has 0 unspecified atom stereocenters. The molecule has 114 valence electrons. The van der Waals surface area contributed by atoms with Gasteiger partial charge in [0.1, 0.15) is 0 Å². The lowest BCUT2D eigenvalue weighted by atomic mass is 9.86. The van der Waals surface area contributed by atoms with Gasteiger partial charge in [-0.05, 0) is 64.9 Å². The summed E-state index contributed by atoms with van der Waals surface area (Å²) in [6.45, 7) is 10.4. The van der Waals surface area contributed by atoms with Crippen LogP contribution in [-0.2, 0) is 0 Å². The van der Waals surface area contributed by atoms with Gasteiger partial charge in [-0.15, -0.1) is 0 Å². The fourth-order valence-electron chi connectivity index (χ4n) is 3.31. The molecule has 0 fully saturated rings. The molecule has 0 aliphatic carbocycles. The molecule has 0 bridgehead atoms. The normalized spacial score (nSPS) is 11.3. The summed E-state index contributed by atoms with van der Waals surface area (Å²) in [6.07, 6.45) is 6.24. The summed E-state index contributed by atoms with van der Waals surface area (Å²) in [5.74, 6) is 0. The minimum absolute atomic E-state index is 1.18. The molecule has 0 saturated carbocycles. The number of benzene rings is 3. The summed E-state index contributed by atoms with van der Waals surface area (Å²) < 4.78 is 0. The molecule has 23 heavy (non-hydrogen) atoms. The van der Waals surface area contributed by atoms with Gasteiger partial charge in [0.05, 0.1) is 0 Å². The van der Waals surface area contributed by atoms with E-state index in [-0.39, 0.29) is 0 Å². The van der Waals surface area contributed by atoms with E-state index in [2.05, 4.69) is 88.0 Å². The van der Waals surface area contributed by atoms with E-state index >= 15 is 0 Å². The van der Waals surface area contributed by atoms with Crippen molar-refractivity contribution in [1.29, 1.82) is 0 Å². The summed E-state index contributed by atoms with van der Waals surface area (Å²) >= 11 is 0. The van der Waals surface area contributed by atoms with E-state index in [9.17, 15) is 0 Å². The SMILES string of the molecule is C=Cc1ccc(C)c(-c2c(C)ccc3ccccc23)c1/C=C\C. The van der Waals surface area contributed by atoms with Crippen LogP contribution in [0.2, 0.25) is 0 Å². The molecular formula is C23H22. The van der Waals surface area contributed by atoms with Crippen molar-refractivity contribution in [1.82, 2.24) is 0 Å². The van der Waals surface area contributed by atoms with Gasteiger partial charge in [-0.2, -0.15) is 0 Å². The lowest BCUT2D eigenvalue weighted by Crippen LogP contribution is -1.95. The summed E-state index contributed by atoms with van der Waals surface area (Å²) in [4.78, 5) is 0. The van der Waals surface area contributed by atoms with E-state index in [0.29, 0.717) is 0 Å². The van der Waals surface area contributed by atoms with E-state index in [1.54, 1.807) is 0 Å². The second-order valence-electron chi connectivity index (χ2n) is 5.94. The molecular weight excluding hydrogens is 276 g/mol. The number of fused-ring (bicyclic) bond motifs is 1. The van der Waals surface area contributed by atoms with Crippen LogP contribution in [0.5, 0.6) is 0 Å². The Morgan fingerprint density at radius 3 is 2.26 bits per heavy atom. The summed E-state index contributed by atoms with van der Waals surface area (Å²) in [5.41, 5.74) is 7.67. The lowest BCUT2D eigenvalue weighted by Gasteiger charge is -2.18. The van der Waals surface area contributed by atoms with Gasteiger partial charge in [-0.25, -0.2) is 0 Å². The summed E-state index contributed by atoms with van der Waals surface area (Å²) in [7, 11) is 0. The van der Waals surface area contributed by atoms with Crippen LogP contribution in [0.25, 0.3) is 34.1 Å². The van der Waals surface area contributed by atoms with Crippen molar-refractivity contribution in [2.45, 2.75) is 20.8 Å². The van der Waals surface area contributed by atoms with E-state index < -0.39 is 0 Å². The van der Waals surface area contributed by atoms with Gasteiger partial charge >= 0.3 is 0 Å². The molecule has 3 aromatic rings. The van der Waals surface area contributed by atoms with Crippen molar-refractivity contribution < 1.29 is 0 Å². The Morgan fingerprint density at radius 1 is 0.826 bits per heavy atom. The molecule has 0 amide bonds. The molecule has 0 saturated heterocycles. The number of hydrogen-bond acceptors (Lipinski definition) is 0. The first-order valence-corrected chi connectivity index (χ1v) is 8.04. The second kappa shape index (κ2) is 6.26. The third-order valence-corrected chi connectivity index (χ3v) is 4.43. The van der Waals surface area contributed by atoms with Gasteiger partial charge in [-0.3, -0.25) is 0 Å². The van der Waals surface area contributed by atoms with Crippen LogP contribution in [-0.4, -0.2) is 0 Å². The predicted octanol–water partition coefficient (Wildman–Crippen LogP) is 6.80. The average Bonchev–Trinajstić information content (AvgIpc) is 2.57. The quantitative estimate of drug-likeness (QED) is 0.499. The van der Waals surface area contributed by atoms with E-state index in [4.69, 9.17) is 0 Å². The second-order valence-corrected chi connectivity index (χ2v) is 5.94. The maximum Gasteiger partial charge on any atom is -0.00672 e. The topological polar surface area (TPSA) is 0 Å². The zero-order chi connectivity index (χ0) is 16.4. The van der Waals surface area contributed by atoms with Crippen molar-refractivity contribution >= 4 is 22.9 Å². The molecule has 3 aromatic carbocycles. The predicted molar refractivity (Wildman–Crippen MR) is 104 cm³/mol. The Hall–Kier alpha value is -2.60. The van der Waals surface area contributed by atoms with Gasteiger partial charge in [-0.1, -0.05) is 73.3 Å². The Morgan fingerprint density at radius 2 is 1.52 bits per heavy atom.